The van der Waals surface area contributed by atoms with E-state index in [1.54, 1.807) is 24.5 Å². The second-order valence-corrected chi connectivity index (χ2v) is 11.0. The van der Waals surface area contributed by atoms with E-state index in [9.17, 15) is 22.4 Å². The number of likely N-dealkylation sites (tertiary alicyclic amines) is 1. The van der Waals surface area contributed by atoms with Crippen LogP contribution < -0.4 is 10.6 Å². The highest BCUT2D eigenvalue weighted by molar-refractivity contribution is 5.94. The normalized spacial score (nSPS) is 18.0. The van der Waals surface area contributed by atoms with Gasteiger partial charge in [0.15, 0.2) is 5.83 Å². The van der Waals surface area contributed by atoms with Crippen LogP contribution in [0.1, 0.15) is 49.0 Å². The van der Waals surface area contributed by atoms with E-state index in [0.717, 1.165) is 0 Å². The molecule has 4 aromatic heterocycles. The Morgan fingerprint density at radius 1 is 1.20 bits per heavy atom. The van der Waals surface area contributed by atoms with Gasteiger partial charge in [0.05, 0.1) is 29.2 Å². The van der Waals surface area contributed by atoms with E-state index < -0.39 is 29.7 Å². The fourth-order valence-corrected chi connectivity index (χ4v) is 4.68. The minimum Gasteiger partial charge on any atom is -0.364 e. The van der Waals surface area contributed by atoms with Crippen LogP contribution in [0.3, 0.4) is 0 Å². The molecule has 2 atom stereocenters. The van der Waals surface area contributed by atoms with Crippen molar-refractivity contribution < 1.29 is 26.9 Å². The lowest BCUT2D eigenvalue weighted by molar-refractivity contribution is 0.0946. The number of rotatable bonds is 7. The van der Waals surface area contributed by atoms with Crippen molar-refractivity contribution in [2.45, 2.75) is 51.5 Å². The molecular formula is C27H30F4N8O2. The van der Waals surface area contributed by atoms with Crippen LogP contribution in [0, 0.1) is 0 Å². The van der Waals surface area contributed by atoms with Gasteiger partial charge in [-0.05, 0) is 52.4 Å². The van der Waals surface area contributed by atoms with Crippen molar-refractivity contribution >= 4 is 23.1 Å². The van der Waals surface area contributed by atoms with Gasteiger partial charge in [0, 0.05) is 31.0 Å². The molecule has 10 nitrogen and oxygen atoms in total. The monoisotopic (exact) mass is 574 g/mol. The molecule has 4 aromatic rings. The lowest BCUT2D eigenvalue weighted by Crippen LogP contribution is -2.46. The molecule has 2 N–H and O–H groups in total. The molecule has 41 heavy (non-hydrogen) atoms. The second kappa shape index (κ2) is 11.0. The molecule has 5 heterocycles. The Morgan fingerprint density at radius 3 is 2.66 bits per heavy atom. The summed E-state index contributed by atoms with van der Waals surface area (Å²) in [6.45, 7) is 6.74. The molecule has 14 heteroatoms. The maximum absolute atomic E-state index is 14.8. The highest BCUT2D eigenvalue weighted by Gasteiger charge is 2.30. The number of alkyl halides is 1. The summed E-state index contributed by atoms with van der Waals surface area (Å²) in [7, 11) is 1.82. The third-order valence-electron chi connectivity index (χ3n) is 6.93. The highest BCUT2D eigenvalue weighted by Crippen LogP contribution is 2.35. The molecule has 1 saturated heterocycles. The molecule has 0 spiro atoms. The van der Waals surface area contributed by atoms with Gasteiger partial charge in [-0.25, -0.2) is 13.3 Å². The lowest BCUT2D eigenvalue weighted by atomic mass is 10.0. The summed E-state index contributed by atoms with van der Waals surface area (Å²) in [4.78, 5) is 18.6. The number of amides is 1. The van der Waals surface area contributed by atoms with Gasteiger partial charge in [-0.3, -0.25) is 4.79 Å². The molecule has 1 fully saturated rings. The zero-order valence-electron chi connectivity index (χ0n) is 23.0. The Labute approximate surface area is 233 Å². The van der Waals surface area contributed by atoms with E-state index in [1.165, 1.54) is 16.6 Å². The SMILES string of the molecule is CN1CC[C@@H](Nc2cccc3c(C(F)=C(F)F)c(-c4noc(CNC(=O)c5ccn(C(C)(C)C)c5)n4)nn23)[C@@H](F)C1. The summed E-state index contributed by atoms with van der Waals surface area (Å²) in [6.07, 6.45) is 0.279. The lowest BCUT2D eigenvalue weighted by Gasteiger charge is -2.33. The molecule has 5 rings (SSSR count). The topological polar surface area (TPSA) is 106 Å². The first-order valence-electron chi connectivity index (χ1n) is 13.0. The third kappa shape index (κ3) is 5.82. The summed E-state index contributed by atoms with van der Waals surface area (Å²) in [5, 5.41) is 13.9. The zero-order valence-corrected chi connectivity index (χ0v) is 23.0. The van der Waals surface area contributed by atoms with Crippen molar-refractivity contribution in [2.24, 2.45) is 0 Å². The molecule has 0 saturated carbocycles. The number of aromatic nitrogens is 5. The van der Waals surface area contributed by atoms with Gasteiger partial charge in [0.25, 0.3) is 5.91 Å². The van der Waals surface area contributed by atoms with Gasteiger partial charge < -0.3 is 24.6 Å². The van der Waals surface area contributed by atoms with Crippen LogP contribution in [-0.4, -0.2) is 67.5 Å². The van der Waals surface area contributed by atoms with Crippen molar-refractivity contribution in [1.82, 2.24) is 34.5 Å². The first kappa shape index (κ1) is 28.3. The highest BCUT2D eigenvalue weighted by atomic mass is 19.3. The van der Waals surface area contributed by atoms with Crippen LogP contribution in [0.15, 0.2) is 47.3 Å². The standard InChI is InChI=1S/C27H30F4N8O2/c1-27(2,3)38-11-8-15(13-38)26(40)32-12-20-34-25(36-41-20)23-21(22(29)24(30)31)18-6-5-7-19(39(18)35-23)33-17-9-10-37(4)14-16(17)28/h5-8,11,13,16-17,33H,9-10,12,14H2,1-4H3,(H,32,40)/t16-,17+/m0/s1. The summed E-state index contributed by atoms with van der Waals surface area (Å²) in [6, 6.07) is 5.66. The van der Waals surface area contributed by atoms with Crippen molar-refractivity contribution in [3.05, 3.63) is 59.8 Å². The fraction of sp³-hybridized carbons (Fsp3) is 0.407. The number of pyridine rings is 1. The molecule has 1 aliphatic heterocycles. The predicted molar refractivity (Wildman–Crippen MR) is 144 cm³/mol. The number of carbonyl (C=O) groups excluding carboxylic acids is 1. The van der Waals surface area contributed by atoms with Gasteiger partial charge in [0.1, 0.15) is 17.7 Å². The number of nitrogens with one attached hydrogen (secondary N) is 2. The number of anilines is 1. The summed E-state index contributed by atoms with van der Waals surface area (Å²) in [5.41, 5.74) is -0.610. The van der Waals surface area contributed by atoms with Crippen LogP contribution in [-0.2, 0) is 12.1 Å². The van der Waals surface area contributed by atoms with Crippen molar-refractivity contribution in [2.75, 3.05) is 25.5 Å². The quantitative estimate of drug-likeness (QED) is 0.304. The van der Waals surface area contributed by atoms with Crippen LogP contribution in [0.2, 0.25) is 0 Å². The smallest absolute Gasteiger partial charge is 0.306 e. The number of halogens is 4. The number of hydrogen-bond acceptors (Lipinski definition) is 7. The van der Waals surface area contributed by atoms with E-state index in [-0.39, 0.29) is 53.3 Å². The molecule has 0 radical (unpaired) electrons. The van der Waals surface area contributed by atoms with Crippen LogP contribution in [0.4, 0.5) is 23.4 Å². The summed E-state index contributed by atoms with van der Waals surface area (Å²) >= 11 is 0. The first-order chi connectivity index (χ1) is 19.4. The molecule has 1 aliphatic rings. The summed E-state index contributed by atoms with van der Waals surface area (Å²) < 4.78 is 64.9. The van der Waals surface area contributed by atoms with Crippen LogP contribution >= 0.6 is 0 Å². The Bertz CT molecular complexity index is 1600. The van der Waals surface area contributed by atoms with E-state index in [4.69, 9.17) is 4.52 Å². The van der Waals surface area contributed by atoms with Crippen molar-refractivity contribution in [3.63, 3.8) is 0 Å². The van der Waals surface area contributed by atoms with Gasteiger partial charge >= 0.3 is 6.08 Å². The minimum atomic E-state index is -2.54. The van der Waals surface area contributed by atoms with Gasteiger partial charge in [0.2, 0.25) is 11.7 Å². The average molecular weight is 575 g/mol. The molecular weight excluding hydrogens is 544 g/mol. The van der Waals surface area contributed by atoms with E-state index in [2.05, 4.69) is 25.9 Å². The number of nitrogens with zero attached hydrogens (tertiary/aromatic N) is 6. The van der Waals surface area contributed by atoms with Gasteiger partial charge in [-0.2, -0.15) is 18.9 Å². The maximum Gasteiger partial charge on any atom is 0.306 e. The Kier molecular flexibility index (Phi) is 7.60. The van der Waals surface area contributed by atoms with Gasteiger partial charge in [-0.15, -0.1) is 0 Å². The maximum atomic E-state index is 14.8. The van der Waals surface area contributed by atoms with E-state index in [0.29, 0.717) is 18.5 Å². The Balaban J connectivity index is 1.42. The summed E-state index contributed by atoms with van der Waals surface area (Å²) in [5.74, 6) is -2.18. The minimum absolute atomic E-state index is 0.00153. The zero-order chi connectivity index (χ0) is 29.5. The van der Waals surface area contributed by atoms with Crippen molar-refractivity contribution in [3.8, 4) is 11.5 Å². The number of hydrogen-bond donors (Lipinski definition) is 2. The largest absolute Gasteiger partial charge is 0.364 e. The first-order valence-corrected chi connectivity index (χ1v) is 13.0. The second-order valence-electron chi connectivity index (χ2n) is 11.0. The van der Waals surface area contributed by atoms with E-state index >= 15 is 0 Å². The third-order valence-corrected chi connectivity index (χ3v) is 6.93. The molecule has 0 unspecified atom stereocenters. The van der Waals surface area contributed by atoms with E-state index in [1.807, 2.05) is 37.3 Å². The Hall–Kier alpha value is -4.20. The average Bonchev–Trinajstić information content (AvgIpc) is 3.66. The molecule has 0 aromatic carbocycles. The Morgan fingerprint density at radius 2 is 1.98 bits per heavy atom. The molecule has 0 aliphatic carbocycles. The van der Waals surface area contributed by atoms with Crippen LogP contribution in [0.25, 0.3) is 22.9 Å². The predicted octanol–water partition coefficient (Wildman–Crippen LogP) is 4.86. The fourth-order valence-electron chi connectivity index (χ4n) is 4.68. The number of piperidine rings is 1. The molecule has 0 bridgehead atoms. The van der Waals surface area contributed by atoms with Crippen molar-refractivity contribution in [1.29, 1.82) is 0 Å². The van der Waals surface area contributed by atoms with Crippen LogP contribution in [0.5, 0.6) is 0 Å². The molecule has 218 valence electrons. The number of fused-ring (bicyclic) bond motifs is 1. The molecule has 1 amide bonds. The number of carbonyl (C=O) groups is 1. The van der Waals surface area contributed by atoms with Gasteiger partial charge in [-0.1, -0.05) is 11.2 Å².